The van der Waals surface area contributed by atoms with Crippen LogP contribution in [-0.4, -0.2) is 18.4 Å². The maximum Gasteiger partial charge on any atom is 0.274 e. The first kappa shape index (κ1) is 15.3. The molecule has 1 heterocycles. The van der Waals surface area contributed by atoms with Crippen LogP contribution in [0, 0.1) is 0 Å². The van der Waals surface area contributed by atoms with Gasteiger partial charge in [-0.3, -0.25) is 15.1 Å². The molecule has 2 N–H and O–H groups in total. The molecule has 1 aliphatic rings. The second kappa shape index (κ2) is 7.11. The summed E-state index contributed by atoms with van der Waals surface area (Å²) in [6, 6.07) is 17.5. The van der Waals surface area contributed by atoms with Gasteiger partial charge in [-0.05, 0) is 29.7 Å². The van der Waals surface area contributed by atoms with Gasteiger partial charge < -0.3 is 5.32 Å². The van der Waals surface area contributed by atoms with Crippen LogP contribution in [0.2, 0.25) is 5.02 Å². The predicted octanol–water partition coefficient (Wildman–Crippen LogP) is 3.00. The third kappa shape index (κ3) is 3.99. The molecule has 4 nitrogen and oxygen atoms in total. The van der Waals surface area contributed by atoms with Crippen molar-refractivity contribution in [2.24, 2.45) is 4.99 Å². The van der Waals surface area contributed by atoms with Gasteiger partial charge in [0.05, 0.1) is 0 Å². The Kier molecular flexibility index (Phi) is 4.74. The smallest absolute Gasteiger partial charge is 0.274 e. The summed E-state index contributed by atoms with van der Waals surface area (Å²) in [6.45, 7) is 0.603. The van der Waals surface area contributed by atoms with Crippen molar-refractivity contribution in [3.8, 4) is 0 Å². The standard InChI is InChI=1S/C18H16ClN3O/c19-15-9-5-4-8-14(15)12-16-17(23)22-18(21-16)20-11-10-13-6-2-1-3-7-13/h1-9,12H,10-11H2,(H2,20,21,22,23)/b16-12+. The molecule has 0 aromatic heterocycles. The molecule has 5 heteroatoms. The predicted molar refractivity (Wildman–Crippen MR) is 93.2 cm³/mol. The molecule has 3 rings (SSSR count). The van der Waals surface area contributed by atoms with Crippen LogP contribution in [0.15, 0.2) is 65.3 Å². The number of benzene rings is 2. The summed E-state index contributed by atoms with van der Waals surface area (Å²) in [6.07, 6.45) is 2.54. The van der Waals surface area contributed by atoms with Crippen LogP contribution in [0.5, 0.6) is 0 Å². The largest absolute Gasteiger partial charge is 0.321 e. The van der Waals surface area contributed by atoms with E-state index in [2.05, 4.69) is 27.8 Å². The molecule has 2 aromatic carbocycles. The van der Waals surface area contributed by atoms with E-state index < -0.39 is 0 Å². The van der Waals surface area contributed by atoms with Crippen LogP contribution in [0.25, 0.3) is 6.08 Å². The number of hydrogen-bond acceptors (Lipinski definition) is 2. The van der Waals surface area contributed by atoms with Gasteiger partial charge >= 0.3 is 0 Å². The molecule has 0 atom stereocenters. The van der Waals surface area contributed by atoms with Crippen LogP contribution >= 0.6 is 11.6 Å². The molecular weight excluding hydrogens is 310 g/mol. The minimum atomic E-state index is -0.205. The van der Waals surface area contributed by atoms with Gasteiger partial charge in [0.15, 0.2) is 0 Å². The fourth-order valence-electron chi connectivity index (χ4n) is 2.26. The van der Waals surface area contributed by atoms with Gasteiger partial charge in [0, 0.05) is 11.6 Å². The zero-order valence-electron chi connectivity index (χ0n) is 12.4. The summed E-state index contributed by atoms with van der Waals surface area (Å²) >= 11 is 6.10. The Balaban J connectivity index is 1.65. The Morgan fingerprint density at radius 2 is 1.74 bits per heavy atom. The average molecular weight is 326 g/mol. The van der Waals surface area contributed by atoms with Crippen molar-refractivity contribution in [3.63, 3.8) is 0 Å². The van der Waals surface area contributed by atoms with Gasteiger partial charge in [0.2, 0.25) is 5.96 Å². The number of rotatable bonds is 4. The van der Waals surface area contributed by atoms with Gasteiger partial charge in [0.1, 0.15) is 5.70 Å². The highest BCUT2D eigenvalue weighted by Gasteiger charge is 2.21. The molecule has 0 unspecified atom stereocenters. The number of carbonyl (C=O) groups is 1. The van der Waals surface area contributed by atoms with Gasteiger partial charge in [-0.2, -0.15) is 0 Å². The number of nitrogens with zero attached hydrogens (tertiary/aromatic N) is 1. The molecule has 0 aliphatic carbocycles. The van der Waals surface area contributed by atoms with Gasteiger partial charge in [0.25, 0.3) is 5.91 Å². The van der Waals surface area contributed by atoms with E-state index in [9.17, 15) is 4.79 Å². The van der Waals surface area contributed by atoms with Gasteiger partial charge in [-0.25, -0.2) is 0 Å². The van der Waals surface area contributed by atoms with Crippen molar-refractivity contribution >= 4 is 29.5 Å². The highest BCUT2D eigenvalue weighted by atomic mass is 35.5. The molecule has 1 aliphatic heterocycles. The van der Waals surface area contributed by atoms with Crippen molar-refractivity contribution in [1.82, 2.24) is 10.6 Å². The fourth-order valence-corrected chi connectivity index (χ4v) is 2.45. The van der Waals surface area contributed by atoms with Gasteiger partial charge in [-0.1, -0.05) is 60.1 Å². The van der Waals surface area contributed by atoms with E-state index in [0.717, 1.165) is 12.0 Å². The second-order valence-corrected chi connectivity index (χ2v) is 5.53. The third-order valence-electron chi connectivity index (χ3n) is 3.45. The number of amides is 1. The van der Waals surface area contributed by atoms with Gasteiger partial charge in [-0.15, -0.1) is 0 Å². The van der Waals surface area contributed by atoms with Crippen molar-refractivity contribution in [2.45, 2.75) is 6.42 Å². The summed E-state index contributed by atoms with van der Waals surface area (Å²) in [5.74, 6) is 0.271. The Morgan fingerprint density at radius 1 is 1.00 bits per heavy atom. The van der Waals surface area contributed by atoms with E-state index in [1.54, 1.807) is 12.1 Å². The lowest BCUT2D eigenvalue weighted by Crippen LogP contribution is -2.25. The Morgan fingerprint density at radius 3 is 2.52 bits per heavy atom. The quantitative estimate of drug-likeness (QED) is 0.849. The molecule has 1 saturated heterocycles. The average Bonchev–Trinajstić information content (AvgIpc) is 2.90. The van der Waals surface area contributed by atoms with E-state index >= 15 is 0 Å². The number of nitrogens with one attached hydrogen (secondary N) is 2. The normalized spacial score (nSPS) is 17.3. The number of aliphatic imine (C=N–C) groups is 1. The monoisotopic (exact) mass is 325 g/mol. The highest BCUT2D eigenvalue weighted by molar-refractivity contribution is 6.32. The molecule has 0 spiro atoms. The van der Waals surface area contributed by atoms with Crippen LogP contribution in [0.3, 0.4) is 0 Å². The summed E-state index contributed by atoms with van der Waals surface area (Å²) < 4.78 is 0. The molecule has 23 heavy (non-hydrogen) atoms. The minimum Gasteiger partial charge on any atom is -0.321 e. The highest BCUT2D eigenvalue weighted by Crippen LogP contribution is 2.18. The summed E-state index contributed by atoms with van der Waals surface area (Å²) in [5, 5.41) is 6.31. The zero-order valence-corrected chi connectivity index (χ0v) is 13.2. The molecule has 0 saturated carbocycles. The molecule has 0 bridgehead atoms. The first-order valence-corrected chi connectivity index (χ1v) is 7.73. The lowest BCUT2D eigenvalue weighted by Gasteiger charge is -2.00. The Hall–Kier alpha value is -2.59. The van der Waals surface area contributed by atoms with E-state index in [-0.39, 0.29) is 5.91 Å². The minimum absolute atomic E-state index is 0.205. The number of carbonyl (C=O) groups excluding carboxylic acids is 1. The van der Waals surface area contributed by atoms with E-state index in [1.165, 1.54) is 5.56 Å². The van der Waals surface area contributed by atoms with Crippen LogP contribution in [-0.2, 0) is 11.2 Å². The van der Waals surface area contributed by atoms with E-state index in [0.29, 0.717) is 23.2 Å². The van der Waals surface area contributed by atoms with E-state index in [4.69, 9.17) is 11.6 Å². The molecule has 1 amide bonds. The van der Waals surface area contributed by atoms with Crippen LogP contribution in [0.1, 0.15) is 11.1 Å². The molecular formula is C18H16ClN3O. The second-order valence-electron chi connectivity index (χ2n) is 5.12. The maximum absolute atomic E-state index is 12.0. The molecule has 2 aromatic rings. The van der Waals surface area contributed by atoms with E-state index in [1.807, 2.05) is 36.4 Å². The molecule has 1 fully saturated rings. The number of halogens is 1. The zero-order chi connectivity index (χ0) is 16.1. The number of hydrogen-bond donors (Lipinski definition) is 2. The summed E-state index contributed by atoms with van der Waals surface area (Å²) in [4.78, 5) is 16.4. The molecule has 0 radical (unpaired) electrons. The first-order chi connectivity index (χ1) is 11.2. The third-order valence-corrected chi connectivity index (χ3v) is 3.79. The van der Waals surface area contributed by atoms with Crippen molar-refractivity contribution in [1.29, 1.82) is 0 Å². The lowest BCUT2D eigenvalue weighted by molar-refractivity contribution is -0.115. The molecule has 116 valence electrons. The van der Waals surface area contributed by atoms with Crippen molar-refractivity contribution in [2.75, 3.05) is 6.54 Å². The van der Waals surface area contributed by atoms with Crippen LogP contribution in [0.4, 0.5) is 0 Å². The van der Waals surface area contributed by atoms with Crippen molar-refractivity contribution in [3.05, 3.63) is 76.4 Å². The summed E-state index contributed by atoms with van der Waals surface area (Å²) in [7, 11) is 0. The Labute approximate surface area is 139 Å². The maximum atomic E-state index is 12.0. The Bertz CT molecular complexity index is 769. The number of guanidine groups is 1. The fraction of sp³-hybridized carbons (Fsp3) is 0.111. The topological polar surface area (TPSA) is 53.5 Å². The SMILES string of the molecule is O=C1NC(=NCCc2ccccc2)N/C1=C/c1ccccc1Cl. The lowest BCUT2D eigenvalue weighted by atomic mass is 10.2. The first-order valence-electron chi connectivity index (χ1n) is 7.35. The summed E-state index contributed by atoms with van der Waals surface area (Å²) in [5.41, 5.74) is 2.45. The van der Waals surface area contributed by atoms with Crippen LogP contribution < -0.4 is 10.6 Å². The van der Waals surface area contributed by atoms with Crippen molar-refractivity contribution < 1.29 is 4.79 Å².